The number of para-hydroxylation sites is 1. The number of allylic oxidation sites excluding steroid dienone is 2. The summed E-state index contributed by atoms with van der Waals surface area (Å²) in [7, 11) is 0. The topological polar surface area (TPSA) is 64.0 Å². The lowest BCUT2D eigenvalue weighted by molar-refractivity contribution is -0.121. The molecule has 0 N–H and O–H groups in total. The van der Waals surface area contributed by atoms with Gasteiger partial charge in [0.05, 0.1) is 17.9 Å². The number of aryl methyl sites for hydroxylation is 1. The minimum Gasteiger partial charge on any atom is -0.461 e. The number of hydrogen-bond acceptors (Lipinski definition) is 4. The smallest absolute Gasteiger partial charge is 0.194 e. The highest BCUT2D eigenvalue weighted by molar-refractivity contribution is 6.07. The van der Waals surface area contributed by atoms with E-state index in [1.165, 1.54) is 25.3 Å². The Balaban J connectivity index is 1.84. The van der Waals surface area contributed by atoms with Crippen LogP contribution in [-0.4, -0.2) is 11.5 Å². The van der Waals surface area contributed by atoms with E-state index in [-0.39, 0.29) is 11.2 Å². The van der Waals surface area contributed by atoms with Gasteiger partial charge in [0.2, 0.25) is 0 Å². The van der Waals surface area contributed by atoms with Crippen LogP contribution in [0.2, 0.25) is 0 Å². The number of benzene rings is 1. The largest absolute Gasteiger partial charge is 0.461 e. The highest BCUT2D eigenvalue weighted by atomic mass is 16.3. The van der Waals surface area contributed by atoms with Crippen LogP contribution in [0.25, 0.3) is 15.8 Å². The van der Waals surface area contributed by atoms with Crippen LogP contribution >= 0.6 is 0 Å². The van der Waals surface area contributed by atoms with Crippen LogP contribution in [0.15, 0.2) is 49.9 Å². The molecule has 2 aliphatic rings. The molecule has 4 rings (SSSR count). The highest BCUT2D eigenvalue weighted by Gasteiger charge is 2.40. The zero-order valence-electron chi connectivity index (χ0n) is 17.7. The number of hydrogen-bond donors (Lipinski definition) is 0. The molecule has 2 heterocycles. The fraction of sp³-hybridized carbons (Fsp3) is 0.440. The monoisotopic (exact) mass is 402 g/mol. The fourth-order valence-electron chi connectivity index (χ4n) is 4.76. The Morgan fingerprint density at radius 3 is 2.70 bits per heavy atom. The summed E-state index contributed by atoms with van der Waals surface area (Å²) in [6, 6.07) is 6.88. The van der Waals surface area contributed by atoms with Crippen molar-refractivity contribution in [1.82, 2.24) is 0 Å². The van der Waals surface area contributed by atoms with Gasteiger partial charge in [0.15, 0.2) is 11.1 Å². The molecule has 1 aromatic carbocycles. The van der Waals surface area contributed by atoms with E-state index in [0.29, 0.717) is 40.5 Å². The Bertz CT molecular complexity index is 1180. The maximum Gasteiger partial charge on any atom is 0.194 e. The molecule has 1 aromatic heterocycles. The van der Waals surface area contributed by atoms with Gasteiger partial charge in [-0.3, -0.25) is 14.6 Å². The molecule has 5 nitrogen and oxygen atoms in total. The number of nitrogens with zero attached hydrogens (tertiary/aromatic N) is 2. The van der Waals surface area contributed by atoms with Gasteiger partial charge in [-0.1, -0.05) is 31.4 Å². The van der Waals surface area contributed by atoms with E-state index in [2.05, 4.69) is 9.84 Å². The van der Waals surface area contributed by atoms with Crippen molar-refractivity contribution in [3.63, 3.8) is 0 Å². The van der Waals surface area contributed by atoms with E-state index in [0.717, 1.165) is 17.7 Å². The number of fused-ring (bicyclic) bond motifs is 1. The summed E-state index contributed by atoms with van der Waals surface area (Å²) >= 11 is 0. The van der Waals surface area contributed by atoms with Crippen LogP contribution in [0, 0.1) is 25.3 Å². The lowest BCUT2D eigenvalue weighted by Gasteiger charge is -2.31. The highest BCUT2D eigenvalue weighted by Crippen LogP contribution is 2.43. The maximum absolute atomic E-state index is 13.4. The standard InChI is InChI=1S/C25H26N2O3/c1-14-13-21(29)18-9-6-10-19(25(18)30-14)23-22(15(2)27-16(3)24(23)26-4)20(28)12-11-17-7-5-8-17/h6,9-10,13,17,22-23H,5,7-8,11-12H2,1-3H3. The Kier molecular flexibility index (Phi) is 5.42. The third-order valence-electron chi connectivity index (χ3n) is 6.53. The SMILES string of the molecule is [C-]#[N+]C1=C(C)N=C(C)C(C(=O)CCC2CCC2)C1c1cccc2c(=O)cc(C)oc12. The Morgan fingerprint density at radius 2 is 2.03 bits per heavy atom. The minimum atomic E-state index is -0.505. The molecule has 5 heteroatoms. The van der Waals surface area contributed by atoms with E-state index in [1.807, 2.05) is 19.9 Å². The third-order valence-corrected chi connectivity index (χ3v) is 6.53. The van der Waals surface area contributed by atoms with Gasteiger partial charge in [0.1, 0.15) is 17.1 Å². The van der Waals surface area contributed by atoms with Crippen molar-refractivity contribution in [2.45, 2.75) is 58.8 Å². The van der Waals surface area contributed by atoms with Crippen LogP contribution in [-0.2, 0) is 4.79 Å². The van der Waals surface area contributed by atoms with Crippen LogP contribution in [0.5, 0.6) is 0 Å². The molecule has 0 radical (unpaired) electrons. The molecule has 0 saturated heterocycles. The third kappa shape index (κ3) is 3.52. The molecular weight excluding hydrogens is 376 g/mol. The van der Waals surface area contributed by atoms with E-state index in [1.54, 1.807) is 19.1 Å². The lowest BCUT2D eigenvalue weighted by atomic mass is 9.73. The maximum atomic E-state index is 13.4. The Morgan fingerprint density at radius 1 is 1.27 bits per heavy atom. The zero-order valence-corrected chi connectivity index (χ0v) is 17.7. The van der Waals surface area contributed by atoms with Crippen LogP contribution in [0.4, 0.5) is 0 Å². The van der Waals surface area contributed by atoms with Crippen LogP contribution in [0.1, 0.15) is 63.2 Å². The van der Waals surface area contributed by atoms with Gasteiger partial charge in [-0.15, -0.1) is 0 Å². The van der Waals surface area contributed by atoms with Gasteiger partial charge in [0.25, 0.3) is 0 Å². The lowest BCUT2D eigenvalue weighted by Crippen LogP contribution is -2.33. The molecule has 0 bridgehead atoms. The summed E-state index contributed by atoms with van der Waals surface area (Å²) in [4.78, 5) is 34.2. The van der Waals surface area contributed by atoms with Crippen molar-refractivity contribution in [3.05, 3.63) is 68.6 Å². The average Bonchev–Trinajstić information content (AvgIpc) is 2.65. The molecule has 2 aromatic rings. The van der Waals surface area contributed by atoms with Crippen molar-refractivity contribution in [3.8, 4) is 0 Å². The van der Waals surface area contributed by atoms with Crippen molar-refractivity contribution in [1.29, 1.82) is 0 Å². The first-order valence-corrected chi connectivity index (χ1v) is 10.6. The molecule has 1 aliphatic carbocycles. The molecule has 1 saturated carbocycles. The van der Waals surface area contributed by atoms with E-state index < -0.39 is 11.8 Å². The van der Waals surface area contributed by atoms with E-state index in [4.69, 9.17) is 11.0 Å². The average molecular weight is 402 g/mol. The molecule has 154 valence electrons. The summed E-state index contributed by atoms with van der Waals surface area (Å²) in [5.41, 5.74) is 2.88. The van der Waals surface area contributed by atoms with Gasteiger partial charge in [-0.05, 0) is 44.7 Å². The summed E-state index contributed by atoms with van der Waals surface area (Å²) in [6.45, 7) is 13.2. The first-order valence-electron chi connectivity index (χ1n) is 10.6. The number of aliphatic imine (C=N–C) groups is 1. The van der Waals surface area contributed by atoms with Gasteiger partial charge < -0.3 is 4.42 Å². The summed E-state index contributed by atoms with van der Waals surface area (Å²) in [6.07, 6.45) is 5.05. The van der Waals surface area contributed by atoms with Gasteiger partial charge in [0, 0.05) is 29.8 Å². The fourth-order valence-corrected chi connectivity index (χ4v) is 4.76. The Hall–Kier alpha value is -3.00. The van der Waals surface area contributed by atoms with E-state index >= 15 is 0 Å². The van der Waals surface area contributed by atoms with Crippen molar-refractivity contribution in [2.24, 2.45) is 16.8 Å². The molecule has 2 atom stereocenters. The normalized spacial score (nSPS) is 21.9. The van der Waals surface area contributed by atoms with Gasteiger partial charge in [-0.2, -0.15) is 0 Å². The second-order valence-corrected chi connectivity index (χ2v) is 8.54. The summed E-state index contributed by atoms with van der Waals surface area (Å²) in [5.74, 6) is 0.286. The van der Waals surface area contributed by atoms with Gasteiger partial charge in [-0.25, -0.2) is 4.85 Å². The number of ketones is 1. The summed E-state index contributed by atoms with van der Waals surface area (Å²) < 4.78 is 5.97. The number of carbonyl (C=O) groups is 1. The molecular formula is C25H26N2O3. The van der Waals surface area contributed by atoms with Crippen molar-refractivity contribution < 1.29 is 9.21 Å². The summed E-state index contributed by atoms with van der Waals surface area (Å²) in [5, 5.41) is 0.473. The quantitative estimate of drug-likeness (QED) is 0.614. The van der Waals surface area contributed by atoms with Gasteiger partial charge >= 0.3 is 0 Å². The first-order chi connectivity index (χ1) is 14.4. The second kappa shape index (κ2) is 8.02. The first kappa shape index (κ1) is 20.3. The molecule has 0 spiro atoms. The van der Waals surface area contributed by atoms with Crippen molar-refractivity contribution >= 4 is 22.5 Å². The predicted octanol–water partition coefficient (Wildman–Crippen LogP) is 5.58. The molecule has 0 amide bonds. The van der Waals surface area contributed by atoms with E-state index in [9.17, 15) is 9.59 Å². The number of rotatable bonds is 5. The van der Waals surface area contributed by atoms with Crippen LogP contribution < -0.4 is 5.43 Å². The minimum absolute atomic E-state index is 0.116. The number of carbonyl (C=O) groups excluding carboxylic acids is 1. The second-order valence-electron chi connectivity index (χ2n) is 8.54. The van der Waals surface area contributed by atoms with Crippen LogP contribution in [0.3, 0.4) is 0 Å². The molecule has 1 aliphatic heterocycles. The van der Waals surface area contributed by atoms with Crippen molar-refractivity contribution in [2.75, 3.05) is 0 Å². The Labute approximate surface area is 176 Å². The molecule has 1 fully saturated rings. The number of Topliss-reactive ketones (excluding diaryl/α,β-unsaturated/α-hetero) is 1. The predicted molar refractivity (Wildman–Crippen MR) is 117 cm³/mol. The zero-order chi connectivity index (χ0) is 21.4. The molecule has 30 heavy (non-hydrogen) atoms. The molecule has 2 unspecified atom stereocenters.